The van der Waals surface area contributed by atoms with Crippen LogP contribution in [0.4, 0.5) is 4.39 Å². The molecule has 0 aromatic carbocycles. The maximum absolute atomic E-state index is 14.5. The molecule has 0 spiro atoms. The minimum atomic E-state index is -1.84. The van der Waals surface area contributed by atoms with Gasteiger partial charge in [-0.05, 0) is 28.4 Å². The molecule has 0 fully saturated rings. The van der Waals surface area contributed by atoms with Crippen molar-refractivity contribution in [3.63, 3.8) is 0 Å². The lowest BCUT2D eigenvalue weighted by Crippen LogP contribution is -2.24. The highest BCUT2D eigenvalue weighted by Gasteiger charge is 2.34. The largest absolute Gasteiger partial charge is 0.481 e. The number of pyridine rings is 1. The number of carbonyl (C=O) groups is 1. The van der Waals surface area contributed by atoms with Gasteiger partial charge in [0.2, 0.25) is 0 Å². The van der Waals surface area contributed by atoms with Gasteiger partial charge < -0.3 is 5.11 Å². The van der Waals surface area contributed by atoms with E-state index < -0.39 is 18.1 Å². The lowest BCUT2D eigenvalue weighted by Gasteiger charge is -2.23. The second-order valence-corrected chi connectivity index (χ2v) is 4.59. The highest BCUT2D eigenvalue weighted by molar-refractivity contribution is 9.10. The number of carboxylic acids is 1. The summed E-state index contributed by atoms with van der Waals surface area (Å²) >= 11 is 3.20. The van der Waals surface area contributed by atoms with Crippen LogP contribution in [0.3, 0.4) is 0 Å². The standard InChI is InChI=1S/C11H13BrFNO2/c1-2-3-11(13,5-10(15)16)8-4-9(12)7-14-6-8/h4,6-7H,2-3,5H2,1H3,(H,15,16). The number of carboxylic acid groups (broad SMARTS) is 1. The molecule has 0 radical (unpaired) electrons. The van der Waals surface area contributed by atoms with Crippen LogP contribution in [0.5, 0.6) is 0 Å². The Balaban J connectivity index is 3.05. The van der Waals surface area contributed by atoms with Crippen molar-refractivity contribution in [1.82, 2.24) is 4.98 Å². The molecule has 0 saturated carbocycles. The summed E-state index contributed by atoms with van der Waals surface area (Å²) in [5.41, 5.74) is -1.52. The predicted octanol–water partition coefficient (Wildman–Crippen LogP) is 3.28. The number of hydrogen-bond acceptors (Lipinski definition) is 2. The van der Waals surface area contributed by atoms with Crippen molar-refractivity contribution in [2.24, 2.45) is 0 Å². The molecule has 0 aliphatic carbocycles. The van der Waals surface area contributed by atoms with Crippen LogP contribution in [0, 0.1) is 0 Å². The van der Waals surface area contributed by atoms with Crippen molar-refractivity contribution in [1.29, 1.82) is 0 Å². The topological polar surface area (TPSA) is 50.2 Å². The van der Waals surface area contributed by atoms with Crippen LogP contribution < -0.4 is 0 Å². The number of aromatic nitrogens is 1. The molecule has 16 heavy (non-hydrogen) atoms. The van der Waals surface area contributed by atoms with Gasteiger partial charge >= 0.3 is 5.97 Å². The molecule has 0 aliphatic rings. The molecule has 1 unspecified atom stereocenters. The van der Waals surface area contributed by atoms with Crippen LogP contribution in [0.1, 0.15) is 31.7 Å². The first-order chi connectivity index (χ1) is 7.48. The first kappa shape index (κ1) is 13.1. The molecule has 1 rings (SSSR count). The Bertz CT molecular complexity index is 386. The normalized spacial score (nSPS) is 14.4. The van der Waals surface area contributed by atoms with Crippen molar-refractivity contribution >= 4 is 21.9 Å². The average Bonchev–Trinajstić information content (AvgIpc) is 2.16. The fourth-order valence-electron chi connectivity index (χ4n) is 1.63. The third kappa shape index (κ3) is 3.27. The van der Waals surface area contributed by atoms with Gasteiger partial charge in [-0.1, -0.05) is 13.3 Å². The Kier molecular flexibility index (Phi) is 4.41. The molecule has 1 N–H and O–H groups in total. The summed E-state index contributed by atoms with van der Waals surface area (Å²) in [6.07, 6.45) is 3.15. The van der Waals surface area contributed by atoms with Crippen molar-refractivity contribution < 1.29 is 14.3 Å². The van der Waals surface area contributed by atoms with E-state index in [-0.39, 0.29) is 6.42 Å². The van der Waals surface area contributed by atoms with Gasteiger partial charge in [0.05, 0.1) is 6.42 Å². The summed E-state index contributed by atoms with van der Waals surface area (Å²) in [6, 6.07) is 1.58. The fourth-order valence-corrected chi connectivity index (χ4v) is 1.99. The molecular weight excluding hydrogens is 277 g/mol. The van der Waals surface area contributed by atoms with E-state index in [1.54, 1.807) is 6.07 Å². The Hall–Kier alpha value is -0.970. The Morgan fingerprint density at radius 1 is 1.62 bits per heavy atom. The summed E-state index contributed by atoms with van der Waals surface area (Å²) in [7, 11) is 0. The minimum Gasteiger partial charge on any atom is -0.481 e. The van der Waals surface area contributed by atoms with Gasteiger partial charge in [-0.25, -0.2) is 4.39 Å². The smallest absolute Gasteiger partial charge is 0.306 e. The van der Waals surface area contributed by atoms with Crippen molar-refractivity contribution in [2.75, 3.05) is 0 Å². The van der Waals surface area contributed by atoms with E-state index in [2.05, 4.69) is 20.9 Å². The van der Waals surface area contributed by atoms with Crippen LogP contribution in [0.2, 0.25) is 0 Å². The molecule has 88 valence electrons. The maximum Gasteiger partial charge on any atom is 0.306 e. The second-order valence-electron chi connectivity index (χ2n) is 3.68. The molecule has 1 aromatic rings. The lowest BCUT2D eigenvalue weighted by molar-refractivity contribution is -0.140. The van der Waals surface area contributed by atoms with Gasteiger partial charge in [-0.2, -0.15) is 0 Å². The minimum absolute atomic E-state index is 0.178. The van der Waals surface area contributed by atoms with Crippen LogP contribution >= 0.6 is 15.9 Å². The zero-order valence-electron chi connectivity index (χ0n) is 8.91. The Morgan fingerprint density at radius 2 is 2.31 bits per heavy atom. The van der Waals surface area contributed by atoms with Gasteiger partial charge in [-0.15, -0.1) is 0 Å². The highest BCUT2D eigenvalue weighted by atomic mass is 79.9. The summed E-state index contributed by atoms with van der Waals surface area (Å²) < 4.78 is 15.2. The number of nitrogens with zero attached hydrogens (tertiary/aromatic N) is 1. The third-order valence-corrected chi connectivity index (χ3v) is 2.73. The van der Waals surface area contributed by atoms with E-state index >= 15 is 0 Å². The average molecular weight is 290 g/mol. The van der Waals surface area contributed by atoms with E-state index in [0.717, 1.165) is 0 Å². The first-order valence-electron chi connectivity index (χ1n) is 4.99. The molecule has 1 heterocycles. The van der Waals surface area contributed by atoms with E-state index in [1.807, 2.05) is 6.92 Å². The molecule has 5 heteroatoms. The van der Waals surface area contributed by atoms with Crippen LogP contribution in [0.25, 0.3) is 0 Å². The van der Waals surface area contributed by atoms with Crippen molar-refractivity contribution in [3.05, 3.63) is 28.5 Å². The predicted molar refractivity (Wildman–Crippen MR) is 61.9 cm³/mol. The number of hydrogen-bond donors (Lipinski definition) is 1. The summed E-state index contributed by atoms with van der Waals surface area (Å²) in [5.74, 6) is -1.14. The molecule has 1 atom stereocenters. The molecule has 0 amide bonds. The molecular formula is C11H13BrFNO2. The van der Waals surface area contributed by atoms with E-state index in [4.69, 9.17) is 5.11 Å². The monoisotopic (exact) mass is 289 g/mol. The quantitative estimate of drug-likeness (QED) is 0.905. The van der Waals surface area contributed by atoms with E-state index in [0.29, 0.717) is 16.5 Å². The molecule has 0 bridgehead atoms. The third-order valence-electron chi connectivity index (χ3n) is 2.30. The number of alkyl halides is 1. The molecule has 0 saturated heterocycles. The summed E-state index contributed by atoms with van der Waals surface area (Å²) in [4.78, 5) is 14.5. The van der Waals surface area contributed by atoms with Crippen LogP contribution in [0.15, 0.2) is 22.9 Å². The SMILES string of the molecule is CCCC(F)(CC(=O)O)c1cncc(Br)c1. The van der Waals surface area contributed by atoms with Gasteiger partial charge in [0.25, 0.3) is 0 Å². The fraction of sp³-hybridized carbons (Fsp3) is 0.455. The van der Waals surface area contributed by atoms with Crippen molar-refractivity contribution in [2.45, 2.75) is 31.9 Å². The maximum atomic E-state index is 14.5. The molecule has 0 aliphatic heterocycles. The second kappa shape index (κ2) is 5.39. The summed E-state index contributed by atoms with van der Waals surface area (Å²) in [5, 5.41) is 8.73. The summed E-state index contributed by atoms with van der Waals surface area (Å²) in [6.45, 7) is 1.82. The Morgan fingerprint density at radius 3 is 2.81 bits per heavy atom. The number of aliphatic carboxylic acids is 1. The van der Waals surface area contributed by atoms with Gasteiger partial charge in [0.1, 0.15) is 5.67 Å². The van der Waals surface area contributed by atoms with E-state index in [9.17, 15) is 9.18 Å². The zero-order chi connectivity index (χ0) is 12.2. The van der Waals surface area contributed by atoms with E-state index in [1.165, 1.54) is 12.4 Å². The van der Waals surface area contributed by atoms with Gasteiger partial charge in [0, 0.05) is 22.4 Å². The Labute approximate surface area is 102 Å². The first-order valence-corrected chi connectivity index (χ1v) is 5.79. The number of rotatable bonds is 5. The van der Waals surface area contributed by atoms with Gasteiger partial charge in [0.15, 0.2) is 0 Å². The molecule has 1 aromatic heterocycles. The molecule has 3 nitrogen and oxygen atoms in total. The van der Waals surface area contributed by atoms with Crippen molar-refractivity contribution in [3.8, 4) is 0 Å². The van der Waals surface area contributed by atoms with Crippen LogP contribution in [-0.4, -0.2) is 16.1 Å². The van der Waals surface area contributed by atoms with Gasteiger partial charge in [-0.3, -0.25) is 9.78 Å². The highest BCUT2D eigenvalue weighted by Crippen LogP contribution is 2.35. The van der Waals surface area contributed by atoms with Crippen LogP contribution in [-0.2, 0) is 10.5 Å². The zero-order valence-corrected chi connectivity index (χ0v) is 10.5. The lowest BCUT2D eigenvalue weighted by atomic mass is 9.89. The number of halogens is 2.